The standard InChI is InChI=1S/C22H21FN4O/c1-14-20-6-7-27(22(20)26-13-25-14)18-4-2-15(8-18)12-28-19-5-3-16-9-17(23)11-24-21(16)10-19/h3,5-7,9-11,13,15,18H,2,4,8,12H2,1H3. The average Bonchev–Trinajstić information content (AvgIpc) is 3.33. The van der Waals surface area contributed by atoms with Crippen LogP contribution >= 0.6 is 0 Å². The number of halogens is 1. The molecule has 3 heterocycles. The van der Waals surface area contributed by atoms with Gasteiger partial charge in [0.25, 0.3) is 0 Å². The molecule has 0 amide bonds. The Hall–Kier alpha value is -3.02. The van der Waals surface area contributed by atoms with Crippen LogP contribution in [0.5, 0.6) is 5.75 Å². The fraction of sp³-hybridized carbons (Fsp3) is 0.318. The van der Waals surface area contributed by atoms with Gasteiger partial charge in [0.2, 0.25) is 0 Å². The third kappa shape index (κ3) is 3.09. The normalized spacial score (nSPS) is 19.5. The van der Waals surface area contributed by atoms with Gasteiger partial charge in [-0.15, -0.1) is 0 Å². The van der Waals surface area contributed by atoms with Gasteiger partial charge in [0.05, 0.1) is 24.0 Å². The average molecular weight is 376 g/mol. The summed E-state index contributed by atoms with van der Waals surface area (Å²) in [7, 11) is 0. The van der Waals surface area contributed by atoms with E-state index in [9.17, 15) is 4.39 Å². The molecule has 1 aliphatic carbocycles. The zero-order valence-corrected chi connectivity index (χ0v) is 15.7. The molecule has 0 bridgehead atoms. The maximum absolute atomic E-state index is 13.3. The molecule has 4 aromatic rings. The molecule has 1 aromatic carbocycles. The molecule has 142 valence electrons. The summed E-state index contributed by atoms with van der Waals surface area (Å²) in [6.45, 7) is 2.70. The Labute approximate surface area is 162 Å². The minimum atomic E-state index is -0.323. The molecule has 5 nitrogen and oxygen atoms in total. The highest BCUT2D eigenvalue weighted by Gasteiger charge is 2.27. The van der Waals surface area contributed by atoms with E-state index in [1.54, 1.807) is 6.33 Å². The maximum atomic E-state index is 13.3. The molecule has 0 radical (unpaired) electrons. The van der Waals surface area contributed by atoms with Crippen LogP contribution in [0.25, 0.3) is 21.9 Å². The van der Waals surface area contributed by atoms with Gasteiger partial charge in [-0.25, -0.2) is 14.4 Å². The summed E-state index contributed by atoms with van der Waals surface area (Å²) in [6, 6.07) is 9.66. The van der Waals surface area contributed by atoms with Crippen LogP contribution in [0.3, 0.4) is 0 Å². The number of hydrogen-bond acceptors (Lipinski definition) is 4. The highest BCUT2D eigenvalue weighted by Crippen LogP contribution is 2.37. The van der Waals surface area contributed by atoms with Gasteiger partial charge in [0.15, 0.2) is 0 Å². The SMILES string of the molecule is Cc1ncnc2c1ccn2C1CCC(COc2ccc3cc(F)cnc3c2)C1. The lowest BCUT2D eigenvalue weighted by Gasteiger charge is -2.15. The molecule has 6 heteroatoms. The van der Waals surface area contributed by atoms with E-state index in [4.69, 9.17) is 4.74 Å². The van der Waals surface area contributed by atoms with Crippen molar-refractivity contribution in [1.29, 1.82) is 0 Å². The van der Waals surface area contributed by atoms with Gasteiger partial charge < -0.3 is 9.30 Å². The van der Waals surface area contributed by atoms with E-state index in [1.807, 2.05) is 25.1 Å². The van der Waals surface area contributed by atoms with Crippen LogP contribution in [0.4, 0.5) is 4.39 Å². The second kappa shape index (κ2) is 6.86. The fourth-order valence-corrected chi connectivity index (χ4v) is 4.22. The molecular formula is C22H21FN4O. The Morgan fingerprint density at radius 3 is 3.00 bits per heavy atom. The van der Waals surface area contributed by atoms with Crippen molar-refractivity contribution in [1.82, 2.24) is 19.5 Å². The second-order valence-electron chi connectivity index (χ2n) is 7.57. The zero-order valence-electron chi connectivity index (χ0n) is 15.7. The number of aryl methyl sites for hydroxylation is 1. The molecule has 1 aliphatic rings. The van der Waals surface area contributed by atoms with Crippen LogP contribution in [-0.2, 0) is 0 Å². The smallest absolute Gasteiger partial charge is 0.143 e. The summed E-state index contributed by atoms with van der Waals surface area (Å²) in [5.41, 5.74) is 2.79. The predicted octanol–water partition coefficient (Wildman–Crippen LogP) is 4.85. The number of pyridine rings is 1. The number of ether oxygens (including phenoxy) is 1. The van der Waals surface area contributed by atoms with Gasteiger partial charge in [-0.1, -0.05) is 0 Å². The van der Waals surface area contributed by atoms with Crippen LogP contribution < -0.4 is 4.74 Å². The summed E-state index contributed by atoms with van der Waals surface area (Å²) in [4.78, 5) is 12.9. The van der Waals surface area contributed by atoms with E-state index < -0.39 is 0 Å². The molecule has 5 rings (SSSR count). The highest BCUT2D eigenvalue weighted by atomic mass is 19.1. The minimum Gasteiger partial charge on any atom is -0.493 e. The third-order valence-corrected chi connectivity index (χ3v) is 5.72. The zero-order chi connectivity index (χ0) is 19.1. The van der Waals surface area contributed by atoms with Crippen molar-refractivity contribution in [2.75, 3.05) is 6.61 Å². The largest absolute Gasteiger partial charge is 0.493 e. The van der Waals surface area contributed by atoms with Crippen molar-refractivity contribution in [2.24, 2.45) is 5.92 Å². The Bertz CT molecular complexity index is 1160. The summed E-state index contributed by atoms with van der Waals surface area (Å²) in [6.07, 6.45) is 8.34. The van der Waals surface area contributed by atoms with Crippen LogP contribution in [-0.4, -0.2) is 26.1 Å². The first kappa shape index (κ1) is 17.1. The Kier molecular flexibility index (Phi) is 4.19. The minimum absolute atomic E-state index is 0.323. The first-order valence-corrected chi connectivity index (χ1v) is 9.63. The van der Waals surface area contributed by atoms with E-state index in [1.165, 1.54) is 12.3 Å². The lowest BCUT2D eigenvalue weighted by Crippen LogP contribution is -2.10. The Morgan fingerprint density at radius 2 is 2.07 bits per heavy atom. The van der Waals surface area contributed by atoms with Gasteiger partial charge in [-0.05, 0) is 56.4 Å². The van der Waals surface area contributed by atoms with Crippen LogP contribution in [0.15, 0.2) is 49.1 Å². The van der Waals surface area contributed by atoms with Crippen molar-refractivity contribution < 1.29 is 9.13 Å². The monoisotopic (exact) mass is 376 g/mol. The molecule has 2 atom stereocenters. The van der Waals surface area contributed by atoms with Gasteiger partial charge >= 0.3 is 0 Å². The van der Waals surface area contributed by atoms with E-state index in [-0.39, 0.29) is 5.82 Å². The van der Waals surface area contributed by atoms with E-state index in [2.05, 4.69) is 31.8 Å². The second-order valence-corrected chi connectivity index (χ2v) is 7.57. The highest BCUT2D eigenvalue weighted by molar-refractivity contribution is 5.80. The number of nitrogens with zero attached hydrogens (tertiary/aromatic N) is 4. The van der Waals surface area contributed by atoms with E-state index >= 15 is 0 Å². The van der Waals surface area contributed by atoms with Crippen LogP contribution in [0, 0.1) is 18.7 Å². The maximum Gasteiger partial charge on any atom is 0.143 e. The molecule has 0 saturated heterocycles. The van der Waals surface area contributed by atoms with Gasteiger partial charge in [0, 0.05) is 29.1 Å². The lowest BCUT2D eigenvalue weighted by molar-refractivity contribution is 0.248. The molecule has 28 heavy (non-hydrogen) atoms. The first-order chi connectivity index (χ1) is 13.7. The third-order valence-electron chi connectivity index (χ3n) is 5.72. The number of rotatable bonds is 4. The molecule has 1 fully saturated rings. The number of aromatic nitrogens is 4. The fourth-order valence-electron chi connectivity index (χ4n) is 4.22. The summed E-state index contributed by atoms with van der Waals surface area (Å²) >= 11 is 0. The quantitative estimate of drug-likeness (QED) is 0.511. The van der Waals surface area contributed by atoms with Crippen molar-refractivity contribution in [3.63, 3.8) is 0 Å². The number of hydrogen-bond donors (Lipinski definition) is 0. The number of fused-ring (bicyclic) bond motifs is 2. The Morgan fingerprint density at radius 1 is 1.14 bits per heavy atom. The lowest BCUT2D eigenvalue weighted by atomic mass is 10.1. The van der Waals surface area contributed by atoms with Crippen molar-refractivity contribution >= 4 is 21.9 Å². The van der Waals surface area contributed by atoms with Crippen molar-refractivity contribution in [2.45, 2.75) is 32.2 Å². The van der Waals surface area contributed by atoms with E-state index in [0.717, 1.165) is 52.6 Å². The topological polar surface area (TPSA) is 52.8 Å². The summed E-state index contributed by atoms with van der Waals surface area (Å²) in [5.74, 6) is 0.961. The predicted molar refractivity (Wildman–Crippen MR) is 106 cm³/mol. The molecule has 0 aliphatic heterocycles. The molecule has 3 aromatic heterocycles. The van der Waals surface area contributed by atoms with Gasteiger partial charge in [-0.2, -0.15) is 0 Å². The molecular weight excluding hydrogens is 355 g/mol. The number of benzene rings is 1. The van der Waals surface area contributed by atoms with Crippen molar-refractivity contribution in [3.05, 3.63) is 60.6 Å². The van der Waals surface area contributed by atoms with Crippen LogP contribution in [0.1, 0.15) is 31.0 Å². The van der Waals surface area contributed by atoms with Gasteiger partial charge in [-0.3, -0.25) is 4.98 Å². The molecule has 0 N–H and O–H groups in total. The molecule has 2 unspecified atom stereocenters. The van der Waals surface area contributed by atoms with Crippen LogP contribution in [0.2, 0.25) is 0 Å². The van der Waals surface area contributed by atoms with Crippen molar-refractivity contribution in [3.8, 4) is 5.75 Å². The summed E-state index contributed by atoms with van der Waals surface area (Å²) < 4.78 is 21.6. The Balaban J connectivity index is 1.26. The summed E-state index contributed by atoms with van der Waals surface area (Å²) in [5, 5.41) is 1.91. The van der Waals surface area contributed by atoms with Gasteiger partial charge in [0.1, 0.15) is 23.5 Å². The first-order valence-electron chi connectivity index (χ1n) is 9.63. The molecule has 1 saturated carbocycles. The van der Waals surface area contributed by atoms with E-state index in [0.29, 0.717) is 18.6 Å². The molecule has 0 spiro atoms.